The van der Waals surface area contributed by atoms with Gasteiger partial charge in [-0.25, -0.2) is 9.97 Å². The maximum Gasteiger partial charge on any atom is 0.224 e. The van der Waals surface area contributed by atoms with Gasteiger partial charge in [0.25, 0.3) is 0 Å². The number of fused-ring (bicyclic) bond motifs is 1. The van der Waals surface area contributed by atoms with E-state index >= 15 is 0 Å². The number of hydrogen-bond donors (Lipinski definition) is 3. The molecule has 8 nitrogen and oxygen atoms in total. The van der Waals surface area contributed by atoms with Crippen LogP contribution < -0.4 is 10.6 Å². The number of rotatable bonds is 5. The third-order valence-corrected chi connectivity index (χ3v) is 6.41. The summed E-state index contributed by atoms with van der Waals surface area (Å²) in [5, 5.41) is 16.8. The third kappa shape index (κ3) is 4.36. The second kappa shape index (κ2) is 8.80. The summed E-state index contributed by atoms with van der Waals surface area (Å²) >= 11 is 0. The largest absolute Gasteiger partial charge is 0.393 e. The van der Waals surface area contributed by atoms with Crippen LogP contribution in [0.15, 0.2) is 30.5 Å². The van der Waals surface area contributed by atoms with E-state index in [9.17, 15) is 5.11 Å². The smallest absolute Gasteiger partial charge is 0.224 e. The van der Waals surface area contributed by atoms with Crippen LogP contribution in [0.1, 0.15) is 50.1 Å². The zero-order valence-electron chi connectivity index (χ0n) is 17.9. The van der Waals surface area contributed by atoms with E-state index in [-0.39, 0.29) is 12.1 Å². The number of nitrogens with zero attached hydrogens (tertiary/aromatic N) is 4. The SMILES string of the molecule is Cc1ccccc1Nc1nc2cnc(NC3CCC(O)CC3)nc2n1C1CCOCC1. The summed E-state index contributed by atoms with van der Waals surface area (Å²) < 4.78 is 7.82. The van der Waals surface area contributed by atoms with Gasteiger partial charge in [-0.05, 0) is 57.1 Å². The highest BCUT2D eigenvalue weighted by molar-refractivity contribution is 5.77. The Balaban J connectivity index is 1.49. The van der Waals surface area contributed by atoms with Gasteiger partial charge in [-0.3, -0.25) is 4.57 Å². The molecule has 5 rings (SSSR count). The van der Waals surface area contributed by atoms with Crippen LogP contribution in [-0.4, -0.2) is 50.0 Å². The van der Waals surface area contributed by atoms with Crippen molar-refractivity contribution in [2.75, 3.05) is 23.8 Å². The maximum atomic E-state index is 9.77. The number of ether oxygens (including phenoxy) is 1. The van der Waals surface area contributed by atoms with Crippen molar-refractivity contribution in [1.29, 1.82) is 0 Å². The van der Waals surface area contributed by atoms with E-state index in [0.29, 0.717) is 12.0 Å². The molecule has 2 aliphatic rings. The lowest BCUT2D eigenvalue weighted by Gasteiger charge is -2.27. The molecular weight excluding hydrogens is 392 g/mol. The number of nitrogens with one attached hydrogen (secondary N) is 2. The average molecular weight is 423 g/mol. The summed E-state index contributed by atoms with van der Waals surface area (Å²) in [6.45, 7) is 3.58. The highest BCUT2D eigenvalue weighted by Gasteiger charge is 2.25. The van der Waals surface area contributed by atoms with Crippen LogP contribution >= 0.6 is 0 Å². The van der Waals surface area contributed by atoms with Gasteiger partial charge in [-0.2, -0.15) is 4.98 Å². The van der Waals surface area contributed by atoms with Crippen LogP contribution in [0, 0.1) is 6.92 Å². The summed E-state index contributed by atoms with van der Waals surface area (Å²) in [5.74, 6) is 1.42. The predicted octanol–water partition coefficient (Wildman–Crippen LogP) is 3.95. The normalized spacial score (nSPS) is 22.5. The minimum absolute atomic E-state index is 0.175. The van der Waals surface area contributed by atoms with Gasteiger partial charge >= 0.3 is 0 Å². The molecule has 1 saturated carbocycles. The number of hydrogen-bond acceptors (Lipinski definition) is 7. The first-order valence-corrected chi connectivity index (χ1v) is 11.3. The number of aliphatic hydroxyl groups is 1. The molecule has 0 bridgehead atoms. The molecule has 8 heteroatoms. The van der Waals surface area contributed by atoms with Crippen LogP contribution in [0.25, 0.3) is 11.2 Å². The lowest BCUT2D eigenvalue weighted by Crippen LogP contribution is -2.29. The fourth-order valence-corrected chi connectivity index (χ4v) is 4.57. The van der Waals surface area contributed by atoms with E-state index in [2.05, 4.69) is 39.2 Å². The maximum absolute atomic E-state index is 9.77. The Morgan fingerprint density at radius 2 is 1.81 bits per heavy atom. The molecule has 3 aromatic rings. The number of benzene rings is 1. The van der Waals surface area contributed by atoms with Gasteiger partial charge in [-0.15, -0.1) is 0 Å². The highest BCUT2D eigenvalue weighted by Crippen LogP contribution is 2.32. The molecule has 2 fully saturated rings. The van der Waals surface area contributed by atoms with Crippen molar-refractivity contribution in [3.63, 3.8) is 0 Å². The molecule has 0 spiro atoms. The van der Waals surface area contributed by atoms with Crippen LogP contribution in [0.5, 0.6) is 0 Å². The number of anilines is 3. The molecule has 1 aromatic carbocycles. The summed E-state index contributed by atoms with van der Waals surface area (Å²) in [6.07, 6.45) is 7.01. The van der Waals surface area contributed by atoms with E-state index in [4.69, 9.17) is 14.7 Å². The molecule has 31 heavy (non-hydrogen) atoms. The topological polar surface area (TPSA) is 97.1 Å². The third-order valence-electron chi connectivity index (χ3n) is 6.41. The van der Waals surface area contributed by atoms with Crippen molar-refractivity contribution in [2.24, 2.45) is 0 Å². The molecule has 0 radical (unpaired) electrons. The molecule has 0 atom stereocenters. The number of imidazole rings is 1. The molecule has 164 valence electrons. The second-order valence-electron chi connectivity index (χ2n) is 8.64. The fourth-order valence-electron chi connectivity index (χ4n) is 4.57. The predicted molar refractivity (Wildman–Crippen MR) is 121 cm³/mol. The average Bonchev–Trinajstić information content (AvgIpc) is 3.15. The van der Waals surface area contributed by atoms with Gasteiger partial charge in [0.05, 0.1) is 12.3 Å². The summed E-state index contributed by atoms with van der Waals surface area (Å²) in [5.41, 5.74) is 3.84. The molecule has 3 heterocycles. The van der Waals surface area contributed by atoms with E-state index in [1.165, 1.54) is 5.56 Å². The van der Waals surface area contributed by atoms with Gasteiger partial charge in [-0.1, -0.05) is 18.2 Å². The second-order valence-corrected chi connectivity index (χ2v) is 8.64. The van der Waals surface area contributed by atoms with Gasteiger partial charge in [0.2, 0.25) is 11.9 Å². The summed E-state index contributed by atoms with van der Waals surface area (Å²) in [7, 11) is 0. The molecule has 0 unspecified atom stereocenters. The zero-order valence-corrected chi connectivity index (χ0v) is 17.9. The van der Waals surface area contributed by atoms with Crippen LogP contribution in [0.4, 0.5) is 17.6 Å². The quantitative estimate of drug-likeness (QED) is 0.573. The summed E-state index contributed by atoms with van der Waals surface area (Å²) in [4.78, 5) is 14.3. The Morgan fingerprint density at radius 3 is 2.58 bits per heavy atom. The van der Waals surface area contributed by atoms with Gasteiger partial charge < -0.3 is 20.5 Å². The lowest BCUT2D eigenvalue weighted by molar-refractivity contribution is 0.0710. The fraction of sp³-hybridized carbons (Fsp3) is 0.522. The van der Waals surface area contributed by atoms with E-state index in [1.54, 1.807) is 6.20 Å². The van der Waals surface area contributed by atoms with Crippen molar-refractivity contribution in [3.8, 4) is 0 Å². The van der Waals surface area contributed by atoms with E-state index < -0.39 is 0 Å². The van der Waals surface area contributed by atoms with Gasteiger partial charge in [0.1, 0.15) is 5.52 Å². The van der Waals surface area contributed by atoms with E-state index in [0.717, 1.165) is 74.5 Å². The zero-order chi connectivity index (χ0) is 21.2. The number of para-hydroxylation sites is 1. The first-order valence-electron chi connectivity index (χ1n) is 11.3. The van der Waals surface area contributed by atoms with Crippen molar-refractivity contribution >= 4 is 28.7 Å². The van der Waals surface area contributed by atoms with Crippen LogP contribution in [-0.2, 0) is 4.74 Å². The van der Waals surface area contributed by atoms with Crippen molar-refractivity contribution in [3.05, 3.63) is 36.0 Å². The van der Waals surface area contributed by atoms with Crippen molar-refractivity contribution in [1.82, 2.24) is 19.5 Å². The van der Waals surface area contributed by atoms with Crippen LogP contribution in [0.2, 0.25) is 0 Å². The Kier molecular flexibility index (Phi) is 5.74. The first kappa shape index (κ1) is 20.2. The first-order chi connectivity index (χ1) is 15.2. The Labute approximate surface area is 182 Å². The molecular formula is C23H30N6O2. The Bertz CT molecular complexity index is 1040. The molecule has 1 saturated heterocycles. The number of aromatic nitrogens is 4. The van der Waals surface area contributed by atoms with Crippen molar-refractivity contribution < 1.29 is 9.84 Å². The number of aryl methyl sites for hydroxylation is 1. The molecule has 1 aliphatic carbocycles. The molecule has 0 amide bonds. The molecule has 2 aromatic heterocycles. The Morgan fingerprint density at radius 1 is 1.03 bits per heavy atom. The number of aliphatic hydroxyl groups excluding tert-OH is 1. The molecule has 1 aliphatic heterocycles. The van der Waals surface area contributed by atoms with Crippen molar-refractivity contribution in [2.45, 2.75) is 63.6 Å². The monoisotopic (exact) mass is 422 g/mol. The van der Waals surface area contributed by atoms with E-state index in [1.807, 2.05) is 12.1 Å². The summed E-state index contributed by atoms with van der Waals surface area (Å²) in [6, 6.07) is 8.80. The Hall–Kier alpha value is -2.71. The van der Waals surface area contributed by atoms with Gasteiger partial charge in [0.15, 0.2) is 5.65 Å². The van der Waals surface area contributed by atoms with Gasteiger partial charge in [0, 0.05) is 31.0 Å². The minimum atomic E-state index is -0.175. The lowest BCUT2D eigenvalue weighted by atomic mass is 9.93. The standard InChI is InChI=1S/C23H30N6O2/c1-15-4-2-3-5-19(15)26-23-27-20-14-24-22(25-16-6-8-18(30)9-7-16)28-21(20)29(23)17-10-12-31-13-11-17/h2-5,14,16-18,30H,6-13H2,1H3,(H,26,27)(H,24,25,28). The van der Waals surface area contributed by atoms with Crippen LogP contribution in [0.3, 0.4) is 0 Å². The minimum Gasteiger partial charge on any atom is -0.393 e. The molecule has 3 N–H and O–H groups in total. The highest BCUT2D eigenvalue weighted by atomic mass is 16.5.